The molecule has 1 fully saturated rings. The molecule has 120 valence electrons. The van der Waals surface area contributed by atoms with Crippen molar-refractivity contribution in [2.45, 2.75) is 9.79 Å². The minimum Gasteiger partial charge on any atom is -0.384 e. The van der Waals surface area contributed by atoms with E-state index in [4.69, 9.17) is 4.74 Å². The van der Waals surface area contributed by atoms with E-state index in [1.807, 2.05) is 11.8 Å². The van der Waals surface area contributed by atoms with Crippen molar-refractivity contribution in [1.82, 2.24) is 4.90 Å². The number of benzene rings is 2. The van der Waals surface area contributed by atoms with Crippen LogP contribution in [0.5, 0.6) is 0 Å². The Labute approximate surface area is 141 Å². The number of rotatable bonds is 4. The molecule has 2 N–H and O–H groups in total. The van der Waals surface area contributed by atoms with Gasteiger partial charge < -0.3 is 15.4 Å². The van der Waals surface area contributed by atoms with E-state index in [-0.39, 0.29) is 0 Å². The van der Waals surface area contributed by atoms with Gasteiger partial charge in [-0.05, 0) is 30.3 Å². The van der Waals surface area contributed by atoms with Gasteiger partial charge in [0.05, 0.1) is 24.6 Å². The van der Waals surface area contributed by atoms with Crippen LogP contribution in [0.2, 0.25) is 0 Å². The summed E-state index contributed by atoms with van der Waals surface area (Å²) in [6.45, 7) is 5.83. The van der Waals surface area contributed by atoms with Crippen LogP contribution in [-0.2, 0) is 4.74 Å². The van der Waals surface area contributed by atoms with Gasteiger partial charge >= 0.3 is 0 Å². The maximum Gasteiger partial charge on any atom is 0.0594 e. The van der Waals surface area contributed by atoms with E-state index in [9.17, 15) is 0 Å². The van der Waals surface area contributed by atoms with E-state index in [0.29, 0.717) is 0 Å². The van der Waals surface area contributed by atoms with Gasteiger partial charge in [0.15, 0.2) is 0 Å². The number of hydrogen-bond acceptors (Lipinski definition) is 5. The van der Waals surface area contributed by atoms with Crippen molar-refractivity contribution in [2.75, 3.05) is 50.0 Å². The van der Waals surface area contributed by atoms with Crippen molar-refractivity contribution in [2.24, 2.45) is 0 Å². The number of morpholine rings is 1. The number of hydrogen-bond donors (Lipinski definition) is 2. The Kier molecular flexibility index (Phi) is 4.41. The lowest BCUT2D eigenvalue weighted by Crippen LogP contribution is -2.39. The van der Waals surface area contributed by atoms with Gasteiger partial charge in [0.2, 0.25) is 0 Å². The summed E-state index contributed by atoms with van der Waals surface area (Å²) in [5.41, 5.74) is 3.55. The van der Waals surface area contributed by atoms with Crippen molar-refractivity contribution >= 4 is 28.8 Å². The fourth-order valence-electron chi connectivity index (χ4n) is 2.93. The molecule has 5 heteroatoms. The molecule has 2 aliphatic rings. The quantitative estimate of drug-likeness (QED) is 0.765. The molecule has 0 aromatic heterocycles. The van der Waals surface area contributed by atoms with Crippen LogP contribution in [0.4, 0.5) is 17.1 Å². The molecule has 1 saturated heterocycles. The highest BCUT2D eigenvalue weighted by atomic mass is 32.2. The second-order valence-corrected chi connectivity index (χ2v) is 6.90. The molecule has 0 unspecified atom stereocenters. The number of nitrogens with one attached hydrogen (secondary N) is 2. The van der Waals surface area contributed by atoms with Crippen molar-refractivity contribution in [1.29, 1.82) is 0 Å². The summed E-state index contributed by atoms with van der Waals surface area (Å²) in [6.07, 6.45) is 0. The second kappa shape index (κ2) is 6.83. The minimum atomic E-state index is 0.861. The molecule has 0 bridgehead atoms. The highest BCUT2D eigenvalue weighted by Gasteiger charge is 2.15. The van der Waals surface area contributed by atoms with Crippen molar-refractivity contribution in [3.63, 3.8) is 0 Å². The van der Waals surface area contributed by atoms with E-state index in [2.05, 4.69) is 58.0 Å². The summed E-state index contributed by atoms with van der Waals surface area (Å²) in [6, 6.07) is 15.0. The van der Waals surface area contributed by atoms with Crippen LogP contribution in [-0.4, -0.2) is 44.3 Å². The van der Waals surface area contributed by atoms with Gasteiger partial charge in [-0.25, -0.2) is 0 Å². The highest BCUT2D eigenvalue weighted by Crippen LogP contribution is 2.44. The third-order valence-electron chi connectivity index (χ3n) is 4.22. The third-order valence-corrected chi connectivity index (χ3v) is 5.37. The number of anilines is 3. The van der Waals surface area contributed by atoms with Gasteiger partial charge in [0.1, 0.15) is 0 Å². The van der Waals surface area contributed by atoms with E-state index < -0.39 is 0 Å². The first-order valence-electron chi connectivity index (χ1n) is 8.10. The topological polar surface area (TPSA) is 36.5 Å². The van der Waals surface area contributed by atoms with E-state index >= 15 is 0 Å². The van der Waals surface area contributed by atoms with Crippen molar-refractivity contribution < 1.29 is 4.74 Å². The molecule has 0 aliphatic carbocycles. The molecule has 4 nitrogen and oxygen atoms in total. The predicted octanol–water partition coefficient (Wildman–Crippen LogP) is 3.64. The number of nitrogens with zero attached hydrogens (tertiary/aromatic N) is 1. The lowest BCUT2D eigenvalue weighted by Gasteiger charge is -2.27. The first-order valence-corrected chi connectivity index (χ1v) is 8.92. The molecule has 0 spiro atoms. The largest absolute Gasteiger partial charge is 0.384 e. The van der Waals surface area contributed by atoms with Gasteiger partial charge in [-0.2, -0.15) is 0 Å². The summed E-state index contributed by atoms with van der Waals surface area (Å²) in [7, 11) is 0. The molecule has 0 radical (unpaired) electrons. The average Bonchev–Trinajstić information content (AvgIpc) is 2.61. The zero-order valence-corrected chi connectivity index (χ0v) is 13.9. The Morgan fingerprint density at radius 2 is 1.87 bits per heavy atom. The normalized spacial score (nSPS) is 17.0. The second-order valence-electron chi connectivity index (χ2n) is 5.81. The molecule has 2 aromatic carbocycles. The fraction of sp³-hybridized carbons (Fsp3) is 0.333. The van der Waals surface area contributed by atoms with Gasteiger partial charge in [-0.15, -0.1) is 0 Å². The maximum atomic E-state index is 5.38. The van der Waals surface area contributed by atoms with E-state index in [0.717, 1.165) is 39.4 Å². The summed E-state index contributed by atoms with van der Waals surface area (Å²) in [4.78, 5) is 5.01. The number of para-hydroxylation sites is 1. The number of ether oxygens (including phenoxy) is 1. The molecule has 2 aliphatic heterocycles. The molecule has 0 saturated carbocycles. The molecule has 2 heterocycles. The standard InChI is InChI=1S/C18H21N3OS/c1-2-4-17-15(3-1)20-16-13-14(5-6-18(16)23-17)19-7-8-21-9-11-22-12-10-21/h1-6,13,19-20H,7-12H2. The first kappa shape index (κ1) is 14.9. The summed E-state index contributed by atoms with van der Waals surface area (Å²) in [5, 5.41) is 7.07. The Hall–Kier alpha value is -1.69. The van der Waals surface area contributed by atoms with Crippen LogP contribution in [0.3, 0.4) is 0 Å². The predicted molar refractivity (Wildman–Crippen MR) is 96.0 cm³/mol. The molecule has 23 heavy (non-hydrogen) atoms. The summed E-state index contributed by atoms with van der Waals surface area (Å²) < 4.78 is 5.38. The zero-order valence-electron chi connectivity index (χ0n) is 13.0. The smallest absolute Gasteiger partial charge is 0.0594 e. The molecule has 2 aromatic rings. The Bertz CT molecular complexity index is 686. The van der Waals surface area contributed by atoms with Crippen LogP contribution in [0.25, 0.3) is 0 Å². The Morgan fingerprint density at radius 1 is 1.04 bits per heavy atom. The Morgan fingerprint density at radius 3 is 2.78 bits per heavy atom. The SMILES string of the molecule is c1ccc2c(c1)Nc1cc(NCCN3CCOCC3)ccc1S2. The van der Waals surface area contributed by atoms with Gasteiger partial charge in [0.25, 0.3) is 0 Å². The molecule has 0 amide bonds. The van der Waals surface area contributed by atoms with Crippen molar-refractivity contribution in [3.8, 4) is 0 Å². The molecular formula is C18H21N3OS. The van der Waals surface area contributed by atoms with Gasteiger partial charge in [0, 0.05) is 41.7 Å². The Balaban J connectivity index is 1.38. The summed E-state index contributed by atoms with van der Waals surface area (Å²) >= 11 is 1.83. The zero-order chi connectivity index (χ0) is 15.5. The fourth-order valence-corrected chi connectivity index (χ4v) is 3.90. The van der Waals surface area contributed by atoms with Crippen LogP contribution in [0, 0.1) is 0 Å². The monoisotopic (exact) mass is 327 g/mol. The lowest BCUT2D eigenvalue weighted by molar-refractivity contribution is 0.0398. The van der Waals surface area contributed by atoms with Gasteiger partial charge in [-0.3, -0.25) is 4.90 Å². The van der Waals surface area contributed by atoms with E-state index in [1.165, 1.54) is 26.9 Å². The van der Waals surface area contributed by atoms with E-state index in [1.54, 1.807) is 0 Å². The molecular weight excluding hydrogens is 306 g/mol. The molecule has 0 atom stereocenters. The van der Waals surface area contributed by atoms with Crippen LogP contribution < -0.4 is 10.6 Å². The first-order chi connectivity index (χ1) is 11.4. The minimum absolute atomic E-state index is 0.861. The van der Waals surface area contributed by atoms with Gasteiger partial charge in [-0.1, -0.05) is 23.9 Å². The maximum absolute atomic E-state index is 5.38. The number of fused-ring (bicyclic) bond motifs is 2. The van der Waals surface area contributed by atoms with Crippen LogP contribution in [0.15, 0.2) is 52.3 Å². The lowest BCUT2D eigenvalue weighted by atomic mass is 10.2. The highest BCUT2D eigenvalue weighted by molar-refractivity contribution is 7.99. The average molecular weight is 327 g/mol. The van der Waals surface area contributed by atoms with Crippen LogP contribution in [0.1, 0.15) is 0 Å². The van der Waals surface area contributed by atoms with Crippen LogP contribution >= 0.6 is 11.8 Å². The van der Waals surface area contributed by atoms with Crippen molar-refractivity contribution in [3.05, 3.63) is 42.5 Å². The summed E-state index contributed by atoms with van der Waals surface area (Å²) in [5.74, 6) is 0. The third kappa shape index (κ3) is 3.47. The molecule has 4 rings (SSSR count).